The second kappa shape index (κ2) is 7.60. The van der Waals surface area contributed by atoms with Gasteiger partial charge in [-0.15, -0.1) is 5.10 Å². The van der Waals surface area contributed by atoms with Gasteiger partial charge in [0.15, 0.2) is 5.69 Å². The Labute approximate surface area is 143 Å². The Bertz CT molecular complexity index is 684. The molecule has 1 aliphatic rings. The lowest BCUT2D eigenvalue weighted by Gasteiger charge is -2.10. The molecule has 1 aliphatic carbocycles. The number of carbonyl (C=O) groups is 1. The predicted octanol–water partition coefficient (Wildman–Crippen LogP) is 3.59. The molecule has 5 heteroatoms. The van der Waals surface area contributed by atoms with Crippen LogP contribution in [0.4, 0.5) is 0 Å². The van der Waals surface area contributed by atoms with Gasteiger partial charge in [-0.25, -0.2) is 4.68 Å². The van der Waals surface area contributed by atoms with Gasteiger partial charge in [0.05, 0.1) is 11.4 Å². The summed E-state index contributed by atoms with van der Waals surface area (Å²) in [5, 5.41) is 11.4. The van der Waals surface area contributed by atoms with Crippen molar-refractivity contribution in [3.8, 4) is 5.69 Å². The average Bonchev–Trinajstić information content (AvgIpc) is 3.23. The number of hydrogen-bond donors (Lipinski definition) is 1. The van der Waals surface area contributed by atoms with E-state index in [0.717, 1.165) is 30.6 Å². The first kappa shape index (κ1) is 16.7. The number of hydrogen-bond acceptors (Lipinski definition) is 3. The van der Waals surface area contributed by atoms with Crippen molar-refractivity contribution in [2.24, 2.45) is 0 Å². The van der Waals surface area contributed by atoms with E-state index in [1.807, 2.05) is 19.1 Å². The van der Waals surface area contributed by atoms with Crippen molar-refractivity contribution in [3.63, 3.8) is 0 Å². The van der Waals surface area contributed by atoms with Crippen LogP contribution in [0.5, 0.6) is 0 Å². The summed E-state index contributed by atoms with van der Waals surface area (Å²) in [5.74, 6) is -0.106. The highest BCUT2D eigenvalue weighted by Gasteiger charge is 2.22. The zero-order chi connectivity index (χ0) is 16.9. The lowest BCUT2D eigenvalue weighted by atomic mass is 10.1. The number of amides is 1. The van der Waals surface area contributed by atoms with E-state index in [1.165, 1.54) is 31.2 Å². The fourth-order valence-corrected chi connectivity index (χ4v) is 3.29. The molecular formula is C19H26N4O. The average molecular weight is 326 g/mol. The summed E-state index contributed by atoms with van der Waals surface area (Å²) >= 11 is 0. The summed E-state index contributed by atoms with van der Waals surface area (Å²) in [6.07, 6.45) is 8.02. The van der Waals surface area contributed by atoms with Gasteiger partial charge in [-0.2, -0.15) is 0 Å². The molecule has 0 radical (unpaired) electrons. The fourth-order valence-electron chi connectivity index (χ4n) is 3.29. The molecule has 0 saturated heterocycles. The van der Waals surface area contributed by atoms with Crippen LogP contribution >= 0.6 is 0 Å². The molecule has 0 unspecified atom stereocenters. The molecule has 0 spiro atoms. The Hall–Kier alpha value is -2.17. The summed E-state index contributed by atoms with van der Waals surface area (Å²) < 4.78 is 1.74. The molecule has 1 heterocycles. The van der Waals surface area contributed by atoms with Gasteiger partial charge >= 0.3 is 0 Å². The van der Waals surface area contributed by atoms with E-state index in [0.29, 0.717) is 11.7 Å². The number of nitrogens with zero attached hydrogens (tertiary/aromatic N) is 3. The quantitative estimate of drug-likeness (QED) is 0.882. The largest absolute Gasteiger partial charge is 0.348 e. The number of nitrogens with one attached hydrogen (secondary N) is 1. The summed E-state index contributed by atoms with van der Waals surface area (Å²) in [7, 11) is 0. The number of aryl methyl sites for hydroxylation is 1. The maximum atomic E-state index is 12.4. The zero-order valence-electron chi connectivity index (χ0n) is 14.6. The summed E-state index contributed by atoms with van der Waals surface area (Å²) in [6, 6.07) is 8.64. The Kier molecular flexibility index (Phi) is 5.28. The smallest absolute Gasteiger partial charge is 0.273 e. The van der Waals surface area contributed by atoms with E-state index >= 15 is 0 Å². The van der Waals surface area contributed by atoms with Crippen LogP contribution in [0.3, 0.4) is 0 Å². The first-order valence-corrected chi connectivity index (χ1v) is 9.01. The molecule has 128 valence electrons. The van der Waals surface area contributed by atoms with Gasteiger partial charge in [0.2, 0.25) is 0 Å². The number of carbonyl (C=O) groups excluding carboxylic acids is 1. The van der Waals surface area contributed by atoms with Crippen LogP contribution in [0.2, 0.25) is 0 Å². The van der Waals surface area contributed by atoms with Crippen LogP contribution in [-0.4, -0.2) is 26.9 Å². The molecule has 1 aromatic heterocycles. The minimum Gasteiger partial charge on any atom is -0.348 e. The van der Waals surface area contributed by atoms with E-state index in [4.69, 9.17) is 0 Å². The zero-order valence-corrected chi connectivity index (χ0v) is 14.6. The van der Waals surface area contributed by atoms with E-state index < -0.39 is 0 Å². The van der Waals surface area contributed by atoms with Gasteiger partial charge in [0.1, 0.15) is 0 Å². The van der Waals surface area contributed by atoms with Crippen molar-refractivity contribution >= 4 is 5.91 Å². The van der Waals surface area contributed by atoms with Crippen LogP contribution in [-0.2, 0) is 6.42 Å². The highest BCUT2D eigenvalue weighted by atomic mass is 16.2. The lowest BCUT2D eigenvalue weighted by molar-refractivity contribution is 0.0932. The van der Waals surface area contributed by atoms with Crippen LogP contribution < -0.4 is 5.32 Å². The highest BCUT2D eigenvalue weighted by molar-refractivity contribution is 5.93. The summed E-state index contributed by atoms with van der Waals surface area (Å²) in [4.78, 5) is 12.4. The third-order valence-electron chi connectivity index (χ3n) is 4.80. The molecule has 0 atom stereocenters. The maximum absolute atomic E-state index is 12.4. The molecule has 0 bridgehead atoms. The van der Waals surface area contributed by atoms with Crippen molar-refractivity contribution in [1.82, 2.24) is 20.3 Å². The molecule has 3 rings (SSSR count). The van der Waals surface area contributed by atoms with Crippen molar-refractivity contribution in [2.45, 2.75) is 64.8 Å². The Morgan fingerprint density at radius 3 is 2.62 bits per heavy atom. The van der Waals surface area contributed by atoms with Crippen LogP contribution in [0.1, 0.15) is 67.2 Å². The Balaban J connectivity index is 1.72. The second-order valence-corrected chi connectivity index (χ2v) is 6.66. The van der Waals surface area contributed by atoms with Gasteiger partial charge in [0.25, 0.3) is 5.91 Å². The first-order valence-electron chi connectivity index (χ1n) is 9.01. The number of unbranched alkanes of at least 4 members (excludes halogenated alkanes) is 1. The molecular weight excluding hydrogens is 300 g/mol. The molecule has 1 fully saturated rings. The summed E-state index contributed by atoms with van der Waals surface area (Å²) in [6.45, 7) is 4.10. The maximum Gasteiger partial charge on any atom is 0.273 e. The Morgan fingerprint density at radius 1 is 1.25 bits per heavy atom. The second-order valence-electron chi connectivity index (χ2n) is 6.66. The van der Waals surface area contributed by atoms with Crippen molar-refractivity contribution < 1.29 is 4.79 Å². The van der Waals surface area contributed by atoms with Crippen molar-refractivity contribution in [3.05, 3.63) is 41.2 Å². The first-order chi connectivity index (χ1) is 11.7. The molecule has 1 amide bonds. The van der Waals surface area contributed by atoms with Crippen LogP contribution in [0.15, 0.2) is 24.3 Å². The standard InChI is InChI=1S/C19H26N4O/c1-3-4-7-15-10-12-17(13-11-15)23-14(2)18(21-22-23)19(24)20-16-8-5-6-9-16/h10-13,16H,3-9H2,1-2H3,(H,20,24). The fraction of sp³-hybridized carbons (Fsp3) is 0.526. The minimum atomic E-state index is -0.106. The van der Waals surface area contributed by atoms with E-state index in [9.17, 15) is 4.79 Å². The normalized spacial score (nSPS) is 14.9. The lowest BCUT2D eigenvalue weighted by Crippen LogP contribution is -2.33. The van der Waals surface area contributed by atoms with Gasteiger partial charge in [-0.3, -0.25) is 4.79 Å². The highest BCUT2D eigenvalue weighted by Crippen LogP contribution is 2.19. The van der Waals surface area contributed by atoms with Gasteiger partial charge in [0, 0.05) is 6.04 Å². The van der Waals surface area contributed by atoms with Gasteiger partial charge in [-0.05, 0) is 50.3 Å². The Morgan fingerprint density at radius 2 is 1.96 bits per heavy atom. The summed E-state index contributed by atoms with van der Waals surface area (Å²) in [5.41, 5.74) is 3.49. The van der Waals surface area contributed by atoms with Crippen molar-refractivity contribution in [2.75, 3.05) is 0 Å². The topological polar surface area (TPSA) is 59.8 Å². The molecule has 1 N–H and O–H groups in total. The minimum absolute atomic E-state index is 0.106. The van der Waals surface area contributed by atoms with Gasteiger partial charge < -0.3 is 5.32 Å². The van der Waals surface area contributed by atoms with E-state index in [-0.39, 0.29) is 5.91 Å². The number of aromatic nitrogens is 3. The predicted molar refractivity (Wildman–Crippen MR) is 94.4 cm³/mol. The van der Waals surface area contributed by atoms with E-state index in [1.54, 1.807) is 4.68 Å². The number of rotatable bonds is 6. The van der Waals surface area contributed by atoms with Crippen LogP contribution in [0.25, 0.3) is 5.69 Å². The van der Waals surface area contributed by atoms with E-state index in [2.05, 4.69) is 34.7 Å². The SMILES string of the molecule is CCCCc1ccc(-n2nnc(C(=O)NC3CCCC3)c2C)cc1. The van der Waals surface area contributed by atoms with Crippen LogP contribution in [0, 0.1) is 6.92 Å². The molecule has 24 heavy (non-hydrogen) atoms. The number of benzene rings is 1. The third-order valence-corrected chi connectivity index (χ3v) is 4.80. The molecule has 2 aromatic rings. The molecule has 5 nitrogen and oxygen atoms in total. The molecule has 1 aromatic carbocycles. The third kappa shape index (κ3) is 3.66. The monoisotopic (exact) mass is 326 g/mol. The molecule has 0 aliphatic heterocycles. The van der Waals surface area contributed by atoms with Crippen molar-refractivity contribution in [1.29, 1.82) is 0 Å². The van der Waals surface area contributed by atoms with Gasteiger partial charge in [-0.1, -0.05) is 43.5 Å². The molecule has 1 saturated carbocycles.